The number of hydrogen-bond donors (Lipinski definition) is 1. The average Bonchev–Trinajstić information content (AvgIpc) is 3.22. The van der Waals surface area contributed by atoms with Gasteiger partial charge >= 0.3 is 0 Å². The number of rotatable bonds is 5. The summed E-state index contributed by atoms with van der Waals surface area (Å²) in [6.07, 6.45) is 0.397. The molecule has 12 radical (unpaired) electrons. The second-order valence-corrected chi connectivity index (χ2v) is 11.4. The highest BCUT2D eigenvalue weighted by Crippen LogP contribution is 2.39. The quantitative estimate of drug-likeness (QED) is 0.357. The number of halogens is 2. The molecule has 1 amide bonds. The maximum absolute atomic E-state index is 15.3. The SMILES string of the molecule is CC(C)(C)OC=O.[B]C1([B])C(Cc2c(-c3c(F)cc(C(=O)NC)cc3F)nc3cc(C)ccn23)OC([B])([B])C([B])([B])N1C. The van der Waals surface area contributed by atoms with Crippen LogP contribution in [0.15, 0.2) is 30.5 Å². The van der Waals surface area contributed by atoms with Gasteiger partial charge in [0.25, 0.3) is 12.4 Å². The molecule has 1 aliphatic heterocycles. The van der Waals surface area contributed by atoms with Crippen molar-refractivity contribution in [2.24, 2.45) is 0 Å². The van der Waals surface area contributed by atoms with Crippen LogP contribution >= 0.6 is 0 Å². The molecular weight excluding hydrogens is 547 g/mol. The van der Waals surface area contributed by atoms with E-state index in [2.05, 4.69) is 15.0 Å². The Kier molecular flexibility index (Phi) is 9.78. The largest absolute Gasteiger partial charge is 0.462 e. The molecule has 0 spiro atoms. The van der Waals surface area contributed by atoms with E-state index >= 15 is 8.78 Å². The Balaban J connectivity index is 0.000000646. The van der Waals surface area contributed by atoms with E-state index < -0.39 is 45.3 Å². The summed E-state index contributed by atoms with van der Waals surface area (Å²) in [7, 11) is 39.7. The van der Waals surface area contributed by atoms with Crippen LogP contribution in [-0.4, -0.2) is 116 Å². The van der Waals surface area contributed by atoms with Crippen LogP contribution in [0.2, 0.25) is 0 Å². The number of fused-ring (bicyclic) bond motifs is 1. The molecule has 4 rings (SSSR count). The molecule has 0 aliphatic carbocycles. The van der Waals surface area contributed by atoms with Crippen molar-refractivity contribution in [1.29, 1.82) is 0 Å². The minimum absolute atomic E-state index is 0.0434. The van der Waals surface area contributed by atoms with Crippen molar-refractivity contribution in [3.8, 4) is 11.3 Å². The zero-order valence-electron chi connectivity index (χ0n) is 24.9. The molecule has 1 saturated heterocycles. The molecule has 43 heavy (non-hydrogen) atoms. The standard InChI is InChI=1S/C22H18B6F2N4O2.C5H10O2/c1-10-4-5-34-14(9-15-20(23,24)33(3)21(25,26)22(27,28)36-15)18(32-16(34)6-10)17-12(29)7-11(8-13(17)30)19(35)31-2;1-5(2,3)7-4-6/h4-8,15H,9H2,1-3H3,(H,31,35);4H,1-3H3. The lowest BCUT2D eigenvalue weighted by Crippen LogP contribution is -2.80. The molecule has 16 heteroatoms. The Bertz CT molecular complexity index is 1500. The maximum Gasteiger partial charge on any atom is 0.293 e. The number of nitrogens with one attached hydrogen (secondary N) is 1. The van der Waals surface area contributed by atoms with Crippen LogP contribution in [-0.2, 0) is 20.7 Å². The minimum atomic E-state index is -2.09. The number of likely N-dealkylation sites (N-methyl/N-ethyl adjacent to an activating group) is 1. The summed E-state index contributed by atoms with van der Waals surface area (Å²) < 4.78 is 42.5. The van der Waals surface area contributed by atoms with Gasteiger partial charge in [-0.25, -0.2) is 13.8 Å². The first-order valence-corrected chi connectivity index (χ1v) is 13.1. The molecule has 1 unspecified atom stereocenters. The third-order valence-corrected chi connectivity index (χ3v) is 7.04. The lowest BCUT2D eigenvalue weighted by molar-refractivity contribution is -0.138. The van der Waals surface area contributed by atoms with Gasteiger partial charge < -0.3 is 24.1 Å². The molecule has 1 fully saturated rings. The van der Waals surface area contributed by atoms with Crippen LogP contribution in [0.1, 0.15) is 42.4 Å². The van der Waals surface area contributed by atoms with Gasteiger partial charge in [0.15, 0.2) is 0 Å². The Morgan fingerprint density at radius 2 is 1.72 bits per heavy atom. The van der Waals surface area contributed by atoms with E-state index in [9.17, 15) is 9.59 Å². The van der Waals surface area contributed by atoms with Gasteiger partial charge in [-0.1, -0.05) is 0 Å². The number of aryl methyl sites for hydroxylation is 1. The van der Waals surface area contributed by atoms with Crippen molar-refractivity contribution < 1.29 is 27.8 Å². The summed E-state index contributed by atoms with van der Waals surface area (Å²) in [5, 5.41) is -3.49. The number of carbonyl (C=O) groups excluding carboxylic acids is 2. The van der Waals surface area contributed by atoms with Crippen LogP contribution in [0.25, 0.3) is 16.9 Å². The van der Waals surface area contributed by atoms with Crippen molar-refractivity contribution in [3.63, 3.8) is 0 Å². The van der Waals surface area contributed by atoms with Gasteiger partial charge in [0.05, 0.1) is 70.1 Å². The van der Waals surface area contributed by atoms with Crippen molar-refractivity contribution in [3.05, 3.63) is 58.9 Å². The number of amides is 1. The Morgan fingerprint density at radius 3 is 2.21 bits per heavy atom. The van der Waals surface area contributed by atoms with Crippen LogP contribution in [0.5, 0.6) is 0 Å². The monoisotopic (exact) mass is 576 g/mol. The van der Waals surface area contributed by atoms with E-state index in [-0.39, 0.29) is 23.3 Å². The summed E-state index contributed by atoms with van der Waals surface area (Å²) in [6, 6.07) is 5.38. The Morgan fingerprint density at radius 1 is 1.14 bits per heavy atom. The number of ether oxygens (including phenoxy) is 2. The van der Waals surface area contributed by atoms with Crippen LogP contribution in [0, 0.1) is 18.6 Å². The molecule has 2 aromatic heterocycles. The zero-order chi connectivity index (χ0) is 32.7. The van der Waals surface area contributed by atoms with E-state index in [0.29, 0.717) is 17.8 Å². The van der Waals surface area contributed by atoms with E-state index in [1.807, 2.05) is 27.7 Å². The van der Waals surface area contributed by atoms with Gasteiger partial charge in [-0.2, -0.15) is 0 Å². The highest BCUT2D eigenvalue weighted by atomic mass is 19.1. The first-order chi connectivity index (χ1) is 19.7. The molecule has 1 atom stereocenters. The van der Waals surface area contributed by atoms with E-state index in [0.717, 1.165) is 17.7 Å². The molecule has 1 aromatic carbocycles. The molecular formula is C27H28B6F2N4O4. The van der Waals surface area contributed by atoms with Crippen molar-refractivity contribution in [2.75, 3.05) is 14.1 Å². The van der Waals surface area contributed by atoms with Gasteiger partial charge in [-0.05, 0) is 80.6 Å². The maximum atomic E-state index is 15.3. The fourth-order valence-corrected chi connectivity index (χ4v) is 4.42. The van der Waals surface area contributed by atoms with E-state index in [4.69, 9.17) is 51.8 Å². The fraction of sp³-hybridized carbons (Fsp3) is 0.444. The number of nitrogens with zero attached hydrogens (tertiary/aromatic N) is 3. The molecule has 0 saturated carbocycles. The average molecular weight is 575 g/mol. The third kappa shape index (κ3) is 6.90. The Labute approximate surface area is 258 Å². The highest BCUT2D eigenvalue weighted by Gasteiger charge is 2.52. The summed E-state index contributed by atoms with van der Waals surface area (Å²) in [5.41, 5.74) is 0.571. The first kappa shape index (κ1) is 34.5. The number of pyridine rings is 1. The molecule has 3 aromatic rings. The second-order valence-electron chi connectivity index (χ2n) is 11.4. The first-order valence-electron chi connectivity index (χ1n) is 13.1. The highest BCUT2D eigenvalue weighted by molar-refractivity contribution is 6.55. The van der Waals surface area contributed by atoms with Crippen LogP contribution in [0.4, 0.5) is 8.78 Å². The van der Waals surface area contributed by atoms with Gasteiger partial charge in [0.2, 0.25) is 0 Å². The number of aromatic nitrogens is 2. The molecule has 0 bridgehead atoms. The predicted molar refractivity (Wildman–Crippen MR) is 165 cm³/mol. The third-order valence-electron chi connectivity index (χ3n) is 7.04. The number of carbonyl (C=O) groups is 2. The van der Waals surface area contributed by atoms with Crippen molar-refractivity contribution in [1.82, 2.24) is 19.6 Å². The number of benzene rings is 1. The zero-order valence-corrected chi connectivity index (χ0v) is 24.9. The summed E-state index contributed by atoms with van der Waals surface area (Å²) >= 11 is 0. The van der Waals surface area contributed by atoms with E-state index in [1.54, 1.807) is 22.7 Å². The number of hydrogen-bond acceptors (Lipinski definition) is 6. The van der Waals surface area contributed by atoms with Gasteiger partial charge in [0, 0.05) is 25.2 Å². The summed E-state index contributed by atoms with van der Waals surface area (Å²) in [4.78, 5) is 27.2. The Hall–Kier alpha value is -2.98. The molecule has 212 valence electrons. The topological polar surface area (TPSA) is 85.2 Å². The predicted octanol–water partition coefficient (Wildman–Crippen LogP) is 0.751. The molecule has 1 N–H and O–H groups in total. The summed E-state index contributed by atoms with van der Waals surface area (Å²) in [5.74, 6) is -2.62. The molecule has 3 heterocycles. The van der Waals surface area contributed by atoms with Crippen molar-refractivity contribution >= 4 is 65.1 Å². The van der Waals surface area contributed by atoms with Gasteiger partial charge in [-0.15, -0.1) is 0 Å². The lowest BCUT2D eigenvalue weighted by Gasteiger charge is -2.65. The normalized spacial score (nSPS) is 19.2. The minimum Gasteiger partial charge on any atom is -0.462 e. The molecule has 1 aliphatic rings. The number of morpholine rings is 1. The lowest BCUT2D eigenvalue weighted by atomic mass is 9.36. The smallest absolute Gasteiger partial charge is 0.293 e. The van der Waals surface area contributed by atoms with Crippen molar-refractivity contribution in [2.45, 2.75) is 61.9 Å². The number of imidazole rings is 1. The van der Waals surface area contributed by atoms with Gasteiger partial charge in [0.1, 0.15) is 22.9 Å². The van der Waals surface area contributed by atoms with Crippen LogP contribution in [0.3, 0.4) is 0 Å². The molecule has 8 nitrogen and oxygen atoms in total. The summed E-state index contributed by atoms with van der Waals surface area (Å²) in [6.45, 7) is 7.76. The van der Waals surface area contributed by atoms with Gasteiger partial charge in [-0.3, -0.25) is 9.59 Å². The fourth-order valence-electron chi connectivity index (χ4n) is 4.42. The second kappa shape index (κ2) is 12.2. The van der Waals surface area contributed by atoms with Crippen LogP contribution < -0.4 is 5.32 Å². The van der Waals surface area contributed by atoms with E-state index in [1.165, 1.54) is 19.0 Å².